The summed E-state index contributed by atoms with van der Waals surface area (Å²) in [5, 5.41) is 14.9. The second-order valence-electron chi connectivity index (χ2n) is 7.59. The van der Waals surface area contributed by atoms with Crippen LogP contribution in [0.25, 0.3) is 0 Å². The lowest BCUT2D eigenvalue weighted by molar-refractivity contribution is 0.253. The van der Waals surface area contributed by atoms with Crippen molar-refractivity contribution in [3.05, 3.63) is 42.5 Å². The molecule has 0 aliphatic carbocycles. The molecule has 1 aliphatic rings. The van der Waals surface area contributed by atoms with Crippen molar-refractivity contribution in [1.29, 1.82) is 0 Å². The Labute approximate surface area is 180 Å². The van der Waals surface area contributed by atoms with Gasteiger partial charge in [0.2, 0.25) is 0 Å². The van der Waals surface area contributed by atoms with E-state index in [1.54, 1.807) is 6.33 Å². The monoisotopic (exact) mass is 412 g/mol. The molecule has 2 N–H and O–H groups in total. The highest BCUT2D eigenvalue weighted by Gasteiger charge is 2.16. The van der Waals surface area contributed by atoms with Crippen molar-refractivity contribution < 1.29 is 0 Å². The molecule has 1 aromatic heterocycles. The number of nitrogens with zero attached hydrogens (tertiary/aromatic N) is 6. The fraction of sp³-hybridized carbons (Fsp3) is 0.591. The smallest absolute Gasteiger partial charge is 0.191 e. The van der Waals surface area contributed by atoms with Gasteiger partial charge in [0.1, 0.15) is 12.2 Å². The van der Waals surface area contributed by atoms with E-state index in [0.29, 0.717) is 0 Å². The van der Waals surface area contributed by atoms with E-state index in [2.05, 4.69) is 77.4 Å². The van der Waals surface area contributed by atoms with Crippen LogP contribution >= 0.6 is 0 Å². The molecule has 2 aromatic rings. The van der Waals surface area contributed by atoms with Gasteiger partial charge in [-0.25, -0.2) is 0 Å². The second kappa shape index (κ2) is 12.2. The van der Waals surface area contributed by atoms with Crippen molar-refractivity contribution in [2.24, 2.45) is 4.99 Å². The van der Waals surface area contributed by atoms with Crippen molar-refractivity contribution in [2.75, 3.05) is 57.8 Å². The van der Waals surface area contributed by atoms with E-state index in [9.17, 15) is 0 Å². The SMILES string of the molecule is CCc1nncn1CCNC(=NC)NCCCCN1CCN(c2ccccc2)CC1. The number of piperazine rings is 1. The minimum atomic E-state index is 0.802. The fourth-order valence-electron chi connectivity index (χ4n) is 3.79. The molecule has 0 saturated carbocycles. The Bertz CT molecular complexity index is 750. The first-order chi connectivity index (χ1) is 14.8. The molecule has 0 spiro atoms. The number of aliphatic imine (C=N–C) groups is 1. The van der Waals surface area contributed by atoms with Crippen molar-refractivity contribution >= 4 is 11.6 Å². The van der Waals surface area contributed by atoms with Crippen molar-refractivity contribution in [3.8, 4) is 0 Å². The second-order valence-corrected chi connectivity index (χ2v) is 7.59. The zero-order valence-electron chi connectivity index (χ0n) is 18.4. The molecular weight excluding hydrogens is 376 g/mol. The van der Waals surface area contributed by atoms with Crippen LogP contribution in [-0.2, 0) is 13.0 Å². The van der Waals surface area contributed by atoms with E-state index in [1.165, 1.54) is 18.7 Å². The summed E-state index contributed by atoms with van der Waals surface area (Å²) in [6.45, 7) is 10.4. The van der Waals surface area contributed by atoms with Crippen LogP contribution in [0.3, 0.4) is 0 Å². The highest BCUT2D eigenvalue weighted by molar-refractivity contribution is 5.79. The largest absolute Gasteiger partial charge is 0.369 e. The van der Waals surface area contributed by atoms with Crippen LogP contribution in [0.5, 0.6) is 0 Å². The predicted molar refractivity (Wildman–Crippen MR) is 123 cm³/mol. The van der Waals surface area contributed by atoms with Gasteiger partial charge >= 0.3 is 0 Å². The third-order valence-electron chi connectivity index (χ3n) is 5.57. The lowest BCUT2D eigenvalue weighted by Gasteiger charge is -2.36. The molecule has 1 fully saturated rings. The first-order valence-electron chi connectivity index (χ1n) is 11.1. The van der Waals surface area contributed by atoms with E-state index < -0.39 is 0 Å². The molecule has 164 valence electrons. The summed E-state index contributed by atoms with van der Waals surface area (Å²) in [4.78, 5) is 9.38. The Morgan fingerprint density at radius 3 is 2.50 bits per heavy atom. The van der Waals surface area contributed by atoms with Crippen LogP contribution in [0.15, 0.2) is 41.7 Å². The number of para-hydroxylation sites is 1. The number of guanidine groups is 1. The van der Waals surface area contributed by atoms with E-state index in [-0.39, 0.29) is 0 Å². The van der Waals surface area contributed by atoms with Gasteiger partial charge in [-0.2, -0.15) is 0 Å². The maximum atomic E-state index is 4.31. The number of hydrogen-bond donors (Lipinski definition) is 2. The third-order valence-corrected chi connectivity index (χ3v) is 5.57. The maximum absolute atomic E-state index is 4.31. The Kier molecular flexibility index (Phi) is 8.96. The summed E-state index contributed by atoms with van der Waals surface area (Å²) < 4.78 is 2.08. The van der Waals surface area contributed by atoms with Gasteiger partial charge < -0.3 is 20.1 Å². The number of hydrogen-bond acceptors (Lipinski definition) is 5. The highest BCUT2D eigenvalue weighted by Crippen LogP contribution is 2.15. The zero-order valence-corrected chi connectivity index (χ0v) is 18.4. The average Bonchev–Trinajstić information content (AvgIpc) is 3.26. The van der Waals surface area contributed by atoms with Crippen LogP contribution in [0.1, 0.15) is 25.6 Å². The highest BCUT2D eigenvalue weighted by atomic mass is 15.3. The molecule has 3 rings (SSSR count). The van der Waals surface area contributed by atoms with Gasteiger partial charge in [-0.1, -0.05) is 25.1 Å². The molecule has 1 aliphatic heterocycles. The van der Waals surface area contributed by atoms with Gasteiger partial charge in [-0.3, -0.25) is 9.89 Å². The molecule has 30 heavy (non-hydrogen) atoms. The number of anilines is 1. The number of rotatable bonds is 10. The van der Waals surface area contributed by atoms with Gasteiger partial charge in [0.25, 0.3) is 0 Å². The zero-order chi connectivity index (χ0) is 21.0. The number of nitrogens with one attached hydrogen (secondary N) is 2. The minimum absolute atomic E-state index is 0.802. The molecule has 1 saturated heterocycles. The van der Waals surface area contributed by atoms with Crippen LogP contribution in [0.2, 0.25) is 0 Å². The van der Waals surface area contributed by atoms with Gasteiger partial charge in [-0.15, -0.1) is 10.2 Å². The lowest BCUT2D eigenvalue weighted by atomic mass is 10.2. The number of benzene rings is 1. The standard InChI is InChI=1S/C22H36N8/c1-3-21-27-26-19-30(21)14-12-25-22(23-2)24-11-7-8-13-28-15-17-29(18-16-28)20-9-5-4-6-10-20/h4-6,9-10,19H,3,7-8,11-18H2,1-2H3,(H2,23,24,25). The molecule has 0 radical (unpaired) electrons. The van der Waals surface area contributed by atoms with Gasteiger partial charge in [-0.05, 0) is 31.5 Å². The summed E-state index contributed by atoms with van der Waals surface area (Å²) in [7, 11) is 1.82. The number of unbranched alkanes of at least 4 members (excludes halogenated alkanes) is 1. The quantitative estimate of drug-likeness (QED) is 0.351. The molecule has 0 unspecified atom stereocenters. The van der Waals surface area contributed by atoms with Crippen LogP contribution in [0.4, 0.5) is 5.69 Å². The first-order valence-corrected chi connectivity index (χ1v) is 11.1. The predicted octanol–water partition coefficient (Wildman–Crippen LogP) is 1.61. The van der Waals surface area contributed by atoms with Gasteiger partial charge in [0, 0.05) is 65.0 Å². The van der Waals surface area contributed by atoms with Crippen LogP contribution in [-0.4, -0.2) is 78.5 Å². The average molecular weight is 413 g/mol. The van der Waals surface area contributed by atoms with Crippen molar-refractivity contribution in [3.63, 3.8) is 0 Å². The van der Waals surface area contributed by atoms with Gasteiger partial charge in [0.15, 0.2) is 5.96 Å². The van der Waals surface area contributed by atoms with Crippen molar-refractivity contribution in [1.82, 2.24) is 30.3 Å². The Morgan fingerprint density at radius 1 is 1.00 bits per heavy atom. The molecule has 0 bridgehead atoms. The fourth-order valence-corrected chi connectivity index (χ4v) is 3.79. The van der Waals surface area contributed by atoms with Crippen LogP contribution < -0.4 is 15.5 Å². The molecule has 8 heteroatoms. The molecular formula is C22H36N8. The molecule has 8 nitrogen and oxygen atoms in total. The molecule has 1 aromatic carbocycles. The number of aryl methyl sites for hydroxylation is 1. The van der Waals surface area contributed by atoms with E-state index in [0.717, 1.165) is 70.4 Å². The first kappa shape index (κ1) is 22.1. The number of aromatic nitrogens is 3. The summed E-state index contributed by atoms with van der Waals surface area (Å²) in [6, 6.07) is 10.7. The Balaban J connectivity index is 1.24. The van der Waals surface area contributed by atoms with E-state index >= 15 is 0 Å². The summed E-state index contributed by atoms with van der Waals surface area (Å²) in [6.07, 6.45) is 5.03. The molecule has 0 amide bonds. The summed E-state index contributed by atoms with van der Waals surface area (Å²) in [5.74, 6) is 1.88. The summed E-state index contributed by atoms with van der Waals surface area (Å²) in [5.41, 5.74) is 1.34. The maximum Gasteiger partial charge on any atom is 0.191 e. The third kappa shape index (κ3) is 6.73. The topological polar surface area (TPSA) is 73.6 Å². The van der Waals surface area contributed by atoms with Gasteiger partial charge in [0.05, 0.1) is 0 Å². The molecule has 2 heterocycles. The lowest BCUT2D eigenvalue weighted by Crippen LogP contribution is -2.46. The molecule has 0 atom stereocenters. The normalized spacial score (nSPS) is 15.4. The van der Waals surface area contributed by atoms with Crippen LogP contribution in [0, 0.1) is 0 Å². The van der Waals surface area contributed by atoms with E-state index in [4.69, 9.17) is 0 Å². The van der Waals surface area contributed by atoms with Crippen molar-refractivity contribution in [2.45, 2.75) is 32.7 Å². The Hall–Kier alpha value is -2.61. The summed E-state index contributed by atoms with van der Waals surface area (Å²) >= 11 is 0. The Morgan fingerprint density at radius 2 is 1.77 bits per heavy atom. The minimum Gasteiger partial charge on any atom is -0.369 e. The van der Waals surface area contributed by atoms with E-state index in [1.807, 2.05) is 7.05 Å².